The summed E-state index contributed by atoms with van der Waals surface area (Å²) < 4.78 is 10.9. The third-order valence-corrected chi connectivity index (χ3v) is 3.98. The Kier molecular flexibility index (Phi) is 2.87. The molecule has 1 spiro atoms. The average molecular weight is 262 g/mol. The van der Waals surface area contributed by atoms with Crippen LogP contribution in [-0.4, -0.2) is 24.1 Å². The van der Waals surface area contributed by atoms with Crippen molar-refractivity contribution in [3.8, 4) is 5.75 Å². The van der Waals surface area contributed by atoms with Crippen LogP contribution in [0.2, 0.25) is 0 Å². The molecule has 19 heavy (non-hydrogen) atoms. The van der Waals surface area contributed by atoms with Gasteiger partial charge in [0.25, 0.3) is 5.79 Å². The van der Waals surface area contributed by atoms with Gasteiger partial charge in [-0.2, -0.15) is 0 Å². The molecular weight excluding hydrogens is 244 g/mol. The minimum atomic E-state index is -1.22. The van der Waals surface area contributed by atoms with Crippen LogP contribution in [0.4, 0.5) is 0 Å². The number of rotatable bonds is 3. The lowest BCUT2D eigenvalue weighted by atomic mass is 9.76. The van der Waals surface area contributed by atoms with Crippen molar-refractivity contribution in [1.29, 1.82) is 0 Å². The van der Waals surface area contributed by atoms with E-state index < -0.39 is 5.79 Å². The lowest BCUT2D eigenvalue weighted by molar-refractivity contribution is -0.137. The quantitative estimate of drug-likeness (QED) is 0.909. The molecule has 1 aromatic carbocycles. The Labute approximate surface area is 112 Å². The summed E-state index contributed by atoms with van der Waals surface area (Å²) in [6.45, 7) is 4.90. The maximum atomic E-state index is 12.2. The minimum absolute atomic E-state index is 0.123. The molecule has 1 aliphatic heterocycles. The summed E-state index contributed by atoms with van der Waals surface area (Å²) in [5.74, 6) is -1.34. The second-order valence-electron chi connectivity index (χ2n) is 5.19. The predicted octanol–water partition coefficient (Wildman–Crippen LogP) is 2.44. The summed E-state index contributed by atoms with van der Waals surface area (Å²) in [4.78, 5) is 12.2. The first-order chi connectivity index (χ1) is 9.12. The van der Waals surface area contributed by atoms with Gasteiger partial charge < -0.3 is 14.6 Å². The van der Waals surface area contributed by atoms with Gasteiger partial charge in [0.05, 0.1) is 18.8 Å². The Bertz CT molecular complexity index is 542. The highest BCUT2D eigenvalue weighted by atomic mass is 16.7. The lowest BCUT2D eigenvalue weighted by Crippen LogP contribution is -2.47. The molecule has 2 aliphatic rings. The van der Waals surface area contributed by atoms with Crippen LogP contribution in [0.5, 0.6) is 5.75 Å². The van der Waals surface area contributed by atoms with E-state index in [1.807, 2.05) is 13.0 Å². The second-order valence-corrected chi connectivity index (χ2v) is 5.19. The SMILES string of the molecule is CCCCc1c(C)cc2c(c1O)C(=O)C21OCCO1. The van der Waals surface area contributed by atoms with Crippen molar-refractivity contribution >= 4 is 5.78 Å². The molecule has 0 amide bonds. The number of benzene rings is 1. The van der Waals surface area contributed by atoms with Gasteiger partial charge >= 0.3 is 0 Å². The minimum Gasteiger partial charge on any atom is -0.507 e. The normalized spacial score (nSPS) is 19.6. The first-order valence-corrected chi connectivity index (χ1v) is 6.80. The maximum Gasteiger partial charge on any atom is 0.262 e. The molecule has 1 aromatic rings. The van der Waals surface area contributed by atoms with Gasteiger partial charge in [-0.1, -0.05) is 13.3 Å². The number of fused-ring (bicyclic) bond motifs is 2. The molecule has 0 saturated carbocycles. The molecule has 1 aliphatic carbocycles. The van der Waals surface area contributed by atoms with Crippen LogP contribution in [0.3, 0.4) is 0 Å². The number of phenolic OH excluding ortho intramolecular Hbond substituents is 1. The Morgan fingerprint density at radius 2 is 2.05 bits per heavy atom. The van der Waals surface area contributed by atoms with Crippen molar-refractivity contribution in [3.63, 3.8) is 0 Å². The zero-order valence-corrected chi connectivity index (χ0v) is 11.3. The van der Waals surface area contributed by atoms with E-state index in [1.165, 1.54) is 0 Å². The van der Waals surface area contributed by atoms with Crippen molar-refractivity contribution in [2.45, 2.75) is 38.9 Å². The highest BCUT2D eigenvalue weighted by Gasteiger charge is 2.58. The van der Waals surface area contributed by atoms with Crippen molar-refractivity contribution in [2.75, 3.05) is 13.2 Å². The van der Waals surface area contributed by atoms with Gasteiger partial charge in [-0.15, -0.1) is 0 Å². The van der Waals surface area contributed by atoms with Crippen LogP contribution in [0, 0.1) is 6.92 Å². The van der Waals surface area contributed by atoms with E-state index in [0.717, 1.165) is 30.4 Å². The molecule has 4 nitrogen and oxygen atoms in total. The third kappa shape index (κ3) is 1.56. The molecule has 0 aromatic heterocycles. The molecule has 102 valence electrons. The van der Waals surface area contributed by atoms with E-state index in [9.17, 15) is 9.90 Å². The summed E-state index contributed by atoms with van der Waals surface area (Å²) in [6.07, 6.45) is 2.85. The number of unbranched alkanes of at least 4 members (excludes halogenated alkanes) is 1. The maximum absolute atomic E-state index is 12.2. The number of hydrogen-bond donors (Lipinski definition) is 1. The fourth-order valence-electron chi connectivity index (χ4n) is 2.92. The van der Waals surface area contributed by atoms with E-state index in [0.29, 0.717) is 24.3 Å². The standard InChI is InChI=1S/C15H18O4/c1-3-4-5-10-9(2)8-11-12(13(10)16)14(17)15(11)18-6-7-19-15/h8,16H,3-7H2,1-2H3. The van der Waals surface area contributed by atoms with Crippen molar-refractivity contribution < 1.29 is 19.4 Å². The van der Waals surface area contributed by atoms with Gasteiger partial charge in [0.2, 0.25) is 5.78 Å². The van der Waals surface area contributed by atoms with Crippen LogP contribution in [0.15, 0.2) is 6.07 Å². The summed E-state index contributed by atoms with van der Waals surface area (Å²) in [6, 6.07) is 1.92. The van der Waals surface area contributed by atoms with E-state index >= 15 is 0 Å². The van der Waals surface area contributed by atoms with Gasteiger partial charge in [0.15, 0.2) is 0 Å². The lowest BCUT2D eigenvalue weighted by Gasteiger charge is -2.37. The number of carbonyl (C=O) groups is 1. The molecule has 1 N–H and O–H groups in total. The van der Waals surface area contributed by atoms with Gasteiger partial charge in [0, 0.05) is 5.56 Å². The molecular formula is C15H18O4. The zero-order chi connectivity index (χ0) is 13.6. The van der Waals surface area contributed by atoms with Crippen molar-refractivity contribution in [1.82, 2.24) is 0 Å². The summed E-state index contributed by atoms with van der Waals surface area (Å²) in [7, 11) is 0. The van der Waals surface area contributed by atoms with Crippen LogP contribution in [0.25, 0.3) is 0 Å². The number of ketones is 1. The Morgan fingerprint density at radius 1 is 1.37 bits per heavy atom. The Balaban J connectivity index is 2.06. The number of Topliss-reactive ketones (excluding diaryl/α,β-unsaturated/α-hetero) is 1. The van der Waals surface area contributed by atoms with Gasteiger partial charge in [-0.05, 0) is 37.0 Å². The topological polar surface area (TPSA) is 55.8 Å². The number of phenols is 1. The fourth-order valence-corrected chi connectivity index (χ4v) is 2.92. The van der Waals surface area contributed by atoms with Gasteiger partial charge in [0.1, 0.15) is 5.75 Å². The smallest absolute Gasteiger partial charge is 0.262 e. The number of aryl methyl sites for hydroxylation is 1. The molecule has 0 bridgehead atoms. The summed E-state index contributed by atoms with van der Waals surface area (Å²) in [5.41, 5.74) is 2.95. The molecule has 4 heteroatoms. The van der Waals surface area contributed by atoms with Gasteiger partial charge in [-0.25, -0.2) is 0 Å². The van der Waals surface area contributed by atoms with E-state index in [-0.39, 0.29) is 11.5 Å². The molecule has 3 rings (SSSR count). The molecule has 0 unspecified atom stereocenters. The highest BCUT2D eigenvalue weighted by molar-refractivity contribution is 6.14. The first-order valence-electron chi connectivity index (χ1n) is 6.80. The monoisotopic (exact) mass is 262 g/mol. The summed E-state index contributed by atoms with van der Waals surface area (Å²) in [5, 5.41) is 10.3. The van der Waals surface area contributed by atoms with Crippen LogP contribution in [-0.2, 0) is 21.7 Å². The molecule has 0 atom stereocenters. The number of aromatic hydroxyl groups is 1. The first kappa shape index (κ1) is 12.6. The molecule has 1 saturated heterocycles. The van der Waals surface area contributed by atoms with Crippen molar-refractivity contribution in [3.05, 3.63) is 28.3 Å². The van der Waals surface area contributed by atoms with Crippen LogP contribution >= 0.6 is 0 Å². The Hall–Kier alpha value is -1.39. The molecule has 1 heterocycles. The highest BCUT2D eigenvalue weighted by Crippen LogP contribution is 2.50. The average Bonchev–Trinajstić information content (AvgIpc) is 2.89. The molecule has 1 fully saturated rings. The fraction of sp³-hybridized carbons (Fsp3) is 0.533. The van der Waals surface area contributed by atoms with Crippen LogP contribution in [0.1, 0.15) is 46.8 Å². The van der Waals surface area contributed by atoms with E-state index in [2.05, 4.69) is 6.92 Å². The van der Waals surface area contributed by atoms with Crippen molar-refractivity contribution in [2.24, 2.45) is 0 Å². The third-order valence-electron chi connectivity index (χ3n) is 3.98. The predicted molar refractivity (Wildman–Crippen MR) is 69.4 cm³/mol. The second kappa shape index (κ2) is 4.32. The Morgan fingerprint density at radius 3 is 2.68 bits per heavy atom. The number of ether oxygens (including phenoxy) is 2. The molecule has 0 radical (unpaired) electrons. The van der Waals surface area contributed by atoms with Crippen LogP contribution < -0.4 is 0 Å². The van der Waals surface area contributed by atoms with E-state index in [4.69, 9.17) is 9.47 Å². The van der Waals surface area contributed by atoms with Gasteiger partial charge in [-0.3, -0.25) is 4.79 Å². The zero-order valence-electron chi connectivity index (χ0n) is 11.3. The number of carbonyl (C=O) groups excluding carboxylic acids is 1. The van der Waals surface area contributed by atoms with E-state index in [1.54, 1.807) is 0 Å². The summed E-state index contributed by atoms with van der Waals surface area (Å²) >= 11 is 0. The largest absolute Gasteiger partial charge is 0.507 e. The number of hydrogen-bond acceptors (Lipinski definition) is 4.